The molecule has 0 saturated carbocycles. The zero-order chi connectivity index (χ0) is 36.6. The SMILES string of the molecule is CC/C=C\C/C=C\C/C=C\C(CCCCCCCCC(=O)NCC(=O)O)OC(=O)CCCCCCCCCCC/C=C\C/C=C\CCCCC. The molecule has 0 fully saturated rings. The molecule has 1 atom stereocenters. The van der Waals surface area contributed by atoms with Gasteiger partial charge < -0.3 is 15.2 Å². The van der Waals surface area contributed by atoms with Crippen LogP contribution < -0.4 is 5.32 Å². The van der Waals surface area contributed by atoms with Crippen LogP contribution in [-0.4, -0.2) is 35.6 Å². The van der Waals surface area contributed by atoms with Gasteiger partial charge in [-0.3, -0.25) is 14.4 Å². The van der Waals surface area contributed by atoms with Gasteiger partial charge in [0.25, 0.3) is 0 Å². The van der Waals surface area contributed by atoms with Crippen LogP contribution in [0.15, 0.2) is 60.8 Å². The fraction of sp³-hybridized carbons (Fsp3) is 0.705. The maximum atomic E-state index is 12.7. The number of carbonyl (C=O) groups excluding carboxylic acids is 2. The maximum Gasteiger partial charge on any atom is 0.322 e. The van der Waals surface area contributed by atoms with Crippen LogP contribution >= 0.6 is 0 Å². The number of rotatable bonds is 36. The van der Waals surface area contributed by atoms with Crippen molar-refractivity contribution in [2.45, 2.75) is 193 Å². The van der Waals surface area contributed by atoms with E-state index in [1.54, 1.807) is 0 Å². The highest BCUT2D eigenvalue weighted by Crippen LogP contribution is 2.15. The number of amides is 1. The first-order chi connectivity index (χ1) is 24.5. The Kier molecular flexibility index (Phi) is 36.7. The lowest BCUT2D eigenvalue weighted by Gasteiger charge is -2.14. The van der Waals surface area contributed by atoms with Gasteiger partial charge in [0.05, 0.1) is 0 Å². The van der Waals surface area contributed by atoms with Crippen molar-refractivity contribution in [3.8, 4) is 0 Å². The second kappa shape index (κ2) is 38.9. The fourth-order valence-corrected chi connectivity index (χ4v) is 5.65. The fourth-order valence-electron chi connectivity index (χ4n) is 5.65. The molecule has 0 aliphatic rings. The summed E-state index contributed by atoms with van der Waals surface area (Å²) < 4.78 is 5.90. The molecular weight excluding hydrogens is 622 g/mol. The molecule has 0 aromatic carbocycles. The Hall–Kier alpha value is -2.89. The number of allylic oxidation sites excluding steroid dienone is 9. The molecule has 0 aliphatic carbocycles. The van der Waals surface area contributed by atoms with Crippen molar-refractivity contribution in [2.75, 3.05) is 6.54 Å². The van der Waals surface area contributed by atoms with Gasteiger partial charge in [0.2, 0.25) is 5.91 Å². The first-order valence-electron chi connectivity index (χ1n) is 20.4. The van der Waals surface area contributed by atoms with Gasteiger partial charge in [-0.1, -0.05) is 152 Å². The third kappa shape index (κ3) is 37.9. The number of ether oxygens (including phenoxy) is 1. The van der Waals surface area contributed by atoms with Crippen LogP contribution in [0.25, 0.3) is 0 Å². The van der Waals surface area contributed by atoms with Gasteiger partial charge in [-0.15, -0.1) is 0 Å². The summed E-state index contributed by atoms with van der Waals surface area (Å²) in [6.45, 7) is 4.07. The number of carboxylic acids is 1. The number of hydrogen-bond acceptors (Lipinski definition) is 4. The number of esters is 1. The van der Waals surface area contributed by atoms with Crippen LogP contribution in [0.5, 0.6) is 0 Å². The van der Waals surface area contributed by atoms with Crippen LogP contribution in [0.3, 0.4) is 0 Å². The summed E-state index contributed by atoms with van der Waals surface area (Å²) >= 11 is 0. The van der Waals surface area contributed by atoms with E-state index in [4.69, 9.17) is 9.84 Å². The van der Waals surface area contributed by atoms with Gasteiger partial charge in [-0.05, 0) is 83.1 Å². The Morgan fingerprint density at radius 3 is 1.62 bits per heavy atom. The van der Waals surface area contributed by atoms with Crippen molar-refractivity contribution in [3.63, 3.8) is 0 Å². The van der Waals surface area contributed by atoms with E-state index in [1.807, 2.05) is 0 Å². The molecule has 0 heterocycles. The quantitative estimate of drug-likeness (QED) is 0.0386. The summed E-state index contributed by atoms with van der Waals surface area (Å²) in [6.07, 6.45) is 50.8. The topological polar surface area (TPSA) is 92.7 Å². The molecule has 2 N–H and O–H groups in total. The molecule has 0 saturated heterocycles. The van der Waals surface area contributed by atoms with Gasteiger partial charge in [0.15, 0.2) is 0 Å². The van der Waals surface area contributed by atoms with Gasteiger partial charge in [0.1, 0.15) is 12.6 Å². The summed E-state index contributed by atoms with van der Waals surface area (Å²) in [5, 5.41) is 11.0. The standard InChI is InChI=1S/C44H75NO5/c1-3-5-7-9-11-13-14-15-16-17-18-19-20-21-22-23-25-31-35-39-44(49)50-41(36-32-28-24-12-10-8-6-4-2)37-33-29-26-27-30-34-38-42(46)45-40-43(47)48/h6,8,11-13,15-16,24,32,36,41H,3-5,7,9-10,14,17-23,25-31,33-35,37-40H2,1-2H3,(H,45,46)(H,47,48)/b8-6-,13-11-,16-15-,24-12-,36-32-. The lowest BCUT2D eigenvalue weighted by Crippen LogP contribution is -2.28. The van der Waals surface area contributed by atoms with Crippen molar-refractivity contribution in [1.29, 1.82) is 0 Å². The largest absolute Gasteiger partial charge is 0.480 e. The molecular formula is C44H75NO5. The molecule has 0 radical (unpaired) electrons. The monoisotopic (exact) mass is 698 g/mol. The Labute approximate surface area is 307 Å². The number of unbranched alkanes of at least 4 members (excludes halogenated alkanes) is 17. The predicted molar refractivity (Wildman–Crippen MR) is 212 cm³/mol. The molecule has 0 rings (SSSR count). The summed E-state index contributed by atoms with van der Waals surface area (Å²) in [7, 11) is 0. The second-order valence-electron chi connectivity index (χ2n) is 13.5. The maximum absolute atomic E-state index is 12.7. The van der Waals surface area contributed by atoms with Crippen LogP contribution in [0.4, 0.5) is 0 Å². The van der Waals surface area contributed by atoms with Crippen LogP contribution in [-0.2, 0) is 19.1 Å². The minimum absolute atomic E-state index is 0.0851. The third-order valence-electron chi connectivity index (χ3n) is 8.66. The smallest absolute Gasteiger partial charge is 0.322 e. The van der Waals surface area contributed by atoms with E-state index in [0.717, 1.165) is 83.5 Å². The highest BCUT2D eigenvalue weighted by Gasteiger charge is 2.11. The van der Waals surface area contributed by atoms with Gasteiger partial charge >= 0.3 is 11.9 Å². The van der Waals surface area contributed by atoms with Crippen LogP contribution in [0.1, 0.15) is 187 Å². The molecule has 6 nitrogen and oxygen atoms in total. The van der Waals surface area contributed by atoms with Crippen molar-refractivity contribution in [2.24, 2.45) is 0 Å². The van der Waals surface area contributed by atoms with E-state index in [2.05, 4.69) is 79.9 Å². The van der Waals surface area contributed by atoms with Crippen LogP contribution in [0.2, 0.25) is 0 Å². The molecule has 1 amide bonds. The third-order valence-corrected chi connectivity index (χ3v) is 8.66. The van der Waals surface area contributed by atoms with Gasteiger partial charge in [0, 0.05) is 12.8 Å². The molecule has 0 aromatic heterocycles. The van der Waals surface area contributed by atoms with E-state index in [1.165, 1.54) is 77.0 Å². The molecule has 0 aromatic rings. The highest BCUT2D eigenvalue weighted by molar-refractivity contribution is 5.80. The lowest BCUT2D eigenvalue weighted by molar-refractivity contribution is -0.147. The molecule has 50 heavy (non-hydrogen) atoms. The Bertz CT molecular complexity index is 948. The molecule has 0 spiro atoms. The first-order valence-corrected chi connectivity index (χ1v) is 20.4. The first kappa shape index (κ1) is 47.1. The van der Waals surface area contributed by atoms with Gasteiger partial charge in [-0.2, -0.15) is 0 Å². The lowest BCUT2D eigenvalue weighted by atomic mass is 10.0. The van der Waals surface area contributed by atoms with E-state index in [9.17, 15) is 14.4 Å². The second-order valence-corrected chi connectivity index (χ2v) is 13.5. The molecule has 0 aliphatic heterocycles. The van der Waals surface area contributed by atoms with Crippen molar-refractivity contribution in [1.82, 2.24) is 5.32 Å². The zero-order valence-corrected chi connectivity index (χ0v) is 32.2. The minimum atomic E-state index is -1.02. The normalized spacial score (nSPS) is 12.7. The average Bonchev–Trinajstić information content (AvgIpc) is 3.10. The number of carboxylic acid groups (broad SMARTS) is 1. The van der Waals surface area contributed by atoms with Crippen molar-refractivity contribution < 1.29 is 24.2 Å². The molecule has 0 bridgehead atoms. The number of hydrogen-bond donors (Lipinski definition) is 2. The zero-order valence-electron chi connectivity index (χ0n) is 32.2. The average molecular weight is 698 g/mol. The molecule has 6 heteroatoms. The van der Waals surface area contributed by atoms with Gasteiger partial charge in [-0.25, -0.2) is 0 Å². The summed E-state index contributed by atoms with van der Waals surface area (Å²) in [6, 6.07) is 0. The Morgan fingerprint density at radius 2 is 1.04 bits per heavy atom. The minimum Gasteiger partial charge on any atom is -0.480 e. The summed E-state index contributed by atoms with van der Waals surface area (Å²) in [5.74, 6) is -1.31. The molecule has 286 valence electrons. The van der Waals surface area contributed by atoms with Crippen LogP contribution in [0, 0.1) is 0 Å². The molecule has 1 unspecified atom stereocenters. The van der Waals surface area contributed by atoms with E-state index < -0.39 is 5.97 Å². The summed E-state index contributed by atoms with van der Waals surface area (Å²) in [4.78, 5) is 34.8. The number of nitrogens with one attached hydrogen (secondary N) is 1. The van der Waals surface area contributed by atoms with Crippen molar-refractivity contribution in [3.05, 3.63) is 60.8 Å². The van der Waals surface area contributed by atoms with E-state index in [-0.39, 0.29) is 24.5 Å². The highest BCUT2D eigenvalue weighted by atomic mass is 16.5. The number of carbonyl (C=O) groups is 3. The van der Waals surface area contributed by atoms with Crippen molar-refractivity contribution >= 4 is 17.8 Å². The Balaban J connectivity index is 4.11. The summed E-state index contributed by atoms with van der Waals surface area (Å²) in [5.41, 5.74) is 0. The Morgan fingerprint density at radius 1 is 0.560 bits per heavy atom. The van der Waals surface area contributed by atoms with E-state index >= 15 is 0 Å². The van der Waals surface area contributed by atoms with E-state index in [0.29, 0.717) is 12.8 Å². The number of aliphatic carboxylic acids is 1. The predicted octanol–water partition coefficient (Wildman–Crippen LogP) is 12.5.